The highest BCUT2D eigenvalue weighted by Gasteiger charge is 2.19. The number of aryl methyl sites for hydroxylation is 1. The molecule has 3 heterocycles. The molecule has 0 amide bonds. The van der Waals surface area contributed by atoms with Crippen molar-refractivity contribution in [3.05, 3.63) is 40.8 Å². The van der Waals surface area contributed by atoms with Crippen molar-refractivity contribution >= 4 is 27.7 Å². The molecule has 6 heteroatoms. The third-order valence-corrected chi connectivity index (χ3v) is 4.28. The van der Waals surface area contributed by atoms with E-state index in [9.17, 15) is 0 Å². The predicted octanol–water partition coefficient (Wildman–Crippen LogP) is 2.27. The van der Waals surface area contributed by atoms with Gasteiger partial charge >= 0.3 is 0 Å². The first-order chi connectivity index (χ1) is 9.74. The van der Waals surface area contributed by atoms with Gasteiger partial charge in [-0.1, -0.05) is 0 Å². The van der Waals surface area contributed by atoms with Crippen molar-refractivity contribution in [2.24, 2.45) is 0 Å². The van der Waals surface area contributed by atoms with Crippen molar-refractivity contribution in [1.82, 2.24) is 15.0 Å². The van der Waals surface area contributed by atoms with E-state index < -0.39 is 0 Å². The van der Waals surface area contributed by atoms with Crippen molar-refractivity contribution in [2.75, 3.05) is 36.0 Å². The van der Waals surface area contributed by atoms with Gasteiger partial charge in [0, 0.05) is 43.0 Å². The minimum Gasteiger partial charge on any atom is -0.353 e. The SMILES string of the molecule is Cc1nc(N2CCN(c3ncccn3)CC2)ccc1Br. The smallest absolute Gasteiger partial charge is 0.225 e. The molecule has 2 aromatic heterocycles. The molecule has 20 heavy (non-hydrogen) atoms. The van der Waals surface area contributed by atoms with Crippen LogP contribution in [0.3, 0.4) is 0 Å². The van der Waals surface area contributed by atoms with E-state index in [1.807, 2.05) is 13.0 Å². The summed E-state index contributed by atoms with van der Waals surface area (Å²) in [5, 5.41) is 0. The van der Waals surface area contributed by atoms with E-state index in [1.165, 1.54) is 0 Å². The van der Waals surface area contributed by atoms with Crippen molar-refractivity contribution in [3.63, 3.8) is 0 Å². The summed E-state index contributed by atoms with van der Waals surface area (Å²) in [6.07, 6.45) is 3.57. The zero-order chi connectivity index (χ0) is 13.9. The van der Waals surface area contributed by atoms with Crippen LogP contribution >= 0.6 is 15.9 Å². The third kappa shape index (κ3) is 2.75. The second kappa shape index (κ2) is 5.75. The molecule has 1 fully saturated rings. The molecule has 5 nitrogen and oxygen atoms in total. The molecule has 2 aromatic rings. The Balaban J connectivity index is 1.68. The zero-order valence-corrected chi connectivity index (χ0v) is 12.9. The molecule has 0 unspecified atom stereocenters. The number of pyridine rings is 1. The molecule has 104 valence electrons. The van der Waals surface area contributed by atoms with Crippen LogP contribution in [0.15, 0.2) is 35.1 Å². The Kier molecular flexibility index (Phi) is 3.82. The first-order valence-corrected chi connectivity index (χ1v) is 7.43. The maximum atomic E-state index is 4.62. The molecule has 0 aromatic carbocycles. The minimum absolute atomic E-state index is 0.812. The average Bonchev–Trinajstić information content (AvgIpc) is 2.51. The Morgan fingerprint density at radius 2 is 1.65 bits per heavy atom. The Hall–Kier alpha value is -1.69. The summed E-state index contributed by atoms with van der Waals surface area (Å²) in [4.78, 5) is 17.7. The molecule has 0 bridgehead atoms. The van der Waals surface area contributed by atoms with Crippen molar-refractivity contribution < 1.29 is 0 Å². The Labute approximate surface area is 126 Å². The number of piperazine rings is 1. The van der Waals surface area contributed by atoms with E-state index >= 15 is 0 Å². The number of halogens is 1. The molecule has 3 rings (SSSR count). The second-order valence-corrected chi connectivity index (χ2v) is 5.61. The van der Waals surface area contributed by atoms with Gasteiger partial charge in [-0.3, -0.25) is 0 Å². The first kappa shape index (κ1) is 13.3. The molecular formula is C14H16BrN5. The van der Waals surface area contributed by atoms with E-state index in [-0.39, 0.29) is 0 Å². The fourth-order valence-electron chi connectivity index (χ4n) is 2.30. The summed E-state index contributed by atoms with van der Waals surface area (Å²) in [6, 6.07) is 5.96. The molecule has 1 saturated heterocycles. The lowest BCUT2D eigenvalue weighted by Gasteiger charge is -2.35. The van der Waals surface area contributed by atoms with Crippen LogP contribution in [-0.2, 0) is 0 Å². The quantitative estimate of drug-likeness (QED) is 0.843. The van der Waals surface area contributed by atoms with E-state index in [2.05, 4.69) is 52.8 Å². The average molecular weight is 334 g/mol. The van der Waals surface area contributed by atoms with Crippen LogP contribution in [0.2, 0.25) is 0 Å². The number of anilines is 2. The van der Waals surface area contributed by atoms with E-state index in [0.29, 0.717) is 0 Å². The largest absolute Gasteiger partial charge is 0.353 e. The lowest BCUT2D eigenvalue weighted by Crippen LogP contribution is -2.47. The van der Waals surface area contributed by atoms with Crippen LogP contribution < -0.4 is 9.80 Å². The molecule has 0 N–H and O–H groups in total. The highest BCUT2D eigenvalue weighted by Crippen LogP contribution is 2.20. The number of rotatable bonds is 2. The van der Waals surface area contributed by atoms with Gasteiger partial charge in [0.15, 0.2) is 0 Å². The Morgan fingerprint density at radius 3 is 2.30 bits per heavy atom. The highest BCUT2D eigenvalue weighted by molar-refractivity contribution is 9.10. The second-order valence-electron chi connectivity index (χ2n) is 4.76. The van der Waals surface area contributed by atoms with Crippen LogP contribution in [0.4, 0.5) is 11.8 Å². The molecule has 0 saturated carbocycles. The minimum atomic E-state index is 0.812. The fraction of sp³-hybridized carbons (Fsp3) is 0.357. The van der Waals surface area contributed by atoms with Gasteiger partial charge in [0.1, 0.15) is 5.82 Å². The van der Waals surface area contributed by atoms with Gasteiger partial charge in [0.2, 0.25) is 5.95 Å². The van der Waals surface area contributed by atoms with Gasteiger partial charge in [-0.25, -0.2) is 15.0 Å². The monoisotopic (exact) mass is 333 g/mol. The molecule has 0 radical (unpaired) electrons. The standard InChI is InChI=1S/C14H16BrN5/c1-11-12(15)3-4-13(18-11)19-7-9-20(10-8-19)14-16-5-2-6-17-14/h2-6H,7-10H2,1H3. The van der Waals surface area contributed by atoms with Crippen LogP contribution in [-0.4, -0.2) is 41.1 Å². The van der Waals surface area contributed by atoms with Gasteiger partial charge in [-0.05, 0) is 41.1 Å². The van der Waals surface area contributed by atoms with Crippen LogP contribution in [0.1, 0.15) is 5.69 Å². The van der Waals surface area contributed by atoms with Gasteiger partial charge in [0.05, 0.1) is 5.69 Å². The third-order valence-electron chi connectivity index (χ3n) is 3.45. The van der Waals surface area contributed by atoms with Crippen LogP contribution in [0.5, 0.6) is 0 Å². The topological polar surface area (TPSA) is 45.2 Å². The van der Waals surface area contributed by atoms with E-state index in [1.54, 1.807) is 12.4 Å². The van der Waals surface area contributed by atoms with Crippen LogP contribution in [0, 0.1) is 6.92 Å². The zero-order valence-electron chi connectivity index (χ0n) is 11.3. The summed E-state index contributed by atoms with van der Waals surface area (Å²) in [7, 11) is 0. The van der Waals surface area contributed by atoms with Crippen molar-refractivity contribution in [3.8, 4) is 0 Å². The predicted molar refractivity (Wildman–Crippen MR) is 83.1 cm³/mol. The summed E-state index contributed by atoms with van der Waals surface area (Å²) in [5.41, 5.74) is 1.02. The number of hydrogen-bond acceptors (Lipinski definition) is 5. The Morgan fingerprint density at radius 1 is 1.00 bits per heavy atom. The molecular weight excluding hydrogens is 318 g/mol. The molecule has 0 aliphatic carbocycles. The van der Waals surface area contributed by atoms with E-state index in [0.717, 1.165) is 48.1 Å². The van der Waals surface area contributed by atoms with E-state index in [4.69, 9.17) is 0 Å². The summed E-state index contributed by atoms with van der Waals surface area (Å²) >= 11 is 3.49. The lowest BCUT2D eigenvalue weighted by atomic mass is 10.3. The number of nitrogens with zero attached hydrogens (tertiary/aromatic N) is 5. The maximum absolute atomic E-state index is 4.62. The summed E-state index contributed by atoms with van der Waals surface area (Å²) in [5.74, 6) is 1.85. The van der Waals surface area contributed by atoms with Crippen molar-refractivity contribution in [2.45, 2.75) is 6.92 Å². The number of aromatic nitrogens is 3. The maximum Gasteiger partial charge on any atom is 0.225 e. The molecule has 0 atom stereocenters. The highest BCUT2D eigenvalue weighted by atomic mass is 79.9. The Bertz CT molecular complexity index is 581. The van der Waals surface area contributed by atoms with Crippen molar-refractivity contribution in [1.29, 1.82) is 0 Å². The molecule has 1 aliphatic heterocycles. The number of hydrogen-bond donors (Lipinski definition) is 0. The summed E-state index contributed by atoms with van der Waals surface area (Å²) in [6.45, 7) is 5.72. The van der Waals surface area contributed by atoms with Gasteiger partial charge in [-0.15, -0.1) is 0 Å². The van der Waals surface area contributed by atoms with Gasteiger partial charge in [-0.2, -0.15) is 0 Å². The van der Waals surface area contributed by atoms with Gasteiger partial charge < -0.3 is 9.80 Å². The van der Waals surface area contributed by atoms with Crippen LogP contribution in [0.25, 0.3) is 0 Å². The van der Waals surface area contributed by atoms with Gasteiger partial charge in [0.25, 0.3) is 0 Å². The lowest BCUT2D eigenvalue weighted by molar-refractivity contribution is 0.634. The first-order valence-electron chi connectivity index (χ1n) is 6.64. The molecule has 1 aliphatic rings. The summed E-state index contributed by atoms with van der Waals surface area (Å²) < 4.78 is 1.05. The molecule has 0 spiro atoms. The normalized spacial score (nSPS) is 15.5. The fourth-order valence-corrected chi connectivity index (χ4v) is 2.52.